The second kappa shape index (κ2) is 8.77. The van der Waals surface area contributed by atoms with Gasteiger partial charge in [0.2, 0.25) is 0 Å². The number of amides is 2. The fourth-order valence-corrected chi connectivity index (χ4v) is 4.20. The minimum Gasteiger partial charge on any atom is -0.497 e. The van der Waals surface area contributed by atoms with Crippen molar-refractivity contribution in [2.24, 2.45) is 0 Å². The fraction of sp³-hybridized carbons (Fsp3) is 0.333. The first-order chi connectivity index (χ1) is 14.2. The standard InChI is InChI=1S/C21H23N3O4S/c1-27-16-6-4-15(5-7-16)22-19-18(17-3-2-14-29-17)20(25)24(21(19)26)9-8-23-10-12-28-13-11-23/h2-7,14,22H,8-13H2,1H3. The van der Waals surface area contributed by atoms with E-state index in [1.807, 2.05) is 41.8 Å². The molecule has 7 nitrogen and oxygen atoms in total. The molecular formula is C21H23N3O4S. The van der Waals surface area contributed by atoms with Crippen molar-refractivity contribution in [3.05, 3.63) is 52.4 Å². The van der Waals surface area contributed by atoms with Crippen molar-refractivity contribution in [3.63, 3.8) is 0 Å². The Morgan fingerprint density at radius 2 is 1.83 bits per heavy atom. The first kappa shape index (κ1) is 19.6. The second-order valence-electron chi connectivity index (χ2n) is 6.80. The molecule has 2 aliphatic heterocycles. The van der Waals surface area contributed by atoms with Crippen LogP contribution in [-0.2, 0) is 14.3 Å². The number of thiophene rings is 1. The molecule has 2 aliphatic rings. The summed E-state index contributed by atoms with van der Waals surface area (Å²) in [6, 6.07) is 11.0. The van der Waals surface area contributed by atoms with E-state index >= 15 is 0 Å². The topological polar surface area (TPSA) is 71.1 Å². The van der Waals surface area contributed by atoms with Crippen molar-refractivity contribution in [1.29, 1.82) is 0 Å². The Kier molecular flexibility index (Phi) is 5.94. The summed E-state index contributed by atoms with van der Waals surface area (Å²) in [7, 11) is 1.60. The number of carbonyl (C=O) groups is 2. The van der Waals surface area contributed by atoms with Crippen molar-refractivity contribution < 1.29 is 19.1 Å². The fourth-order valence-electron chi connectivity index (χ4n) is 3.43. The monoisotopic (exact) mass is 413 g/mol. The van der Waals surface area contributed by atoms with Crippen LogP contribution in [0.15, 0.2) is 47.5 Å². The van der Waals surface area contributed by atoms with E-state index in [2.05, 4.69) is 10.2 Å². The van der Waals surface area contributed by atoms with Crippen LogP contribution in [0, 0.1) is 0 Å². The molecule has 0 aliphatic carbocycles. The predicted octanol–water partition coefficient (Wildman–Crippen LogP) is 2.28. The number of ether oxygens (including phenoxy) is 2. The Hall–Kier alpha value is -2.68. The maximum absolute atomic E-state index is 13.1. The van der Waals surface area contributed by atoms with Crippen LogP contribution in [0.3, 0.4) is 0 Å². The number of nitrogens with one attached hydrogen (secondary N) is 1. The zero-order chi connectivity index (χ0) is 20.2. The van der Waals surface area contributed by atoms with Gasteiger partial charge in [0.1, 0.15) is 11.4 Å². The third-order valence-corrected chi connectivity index (χ3v) is 5.93. The van der Waals surface area contributed by atoms with Gasteiger partial charge in [0.25, 0.3) is 11.8 Å². The molecule has 1 aromatic carbocycles. The average molecular weight is 413 g/mol. The van der Waals surface area contributed by atoms with E-state index in [0.717, 1.165) is 29.4 Å². The SMILES string of the molecule is COc1ccc(NC2=C(c3cccs3)C(=O)N(CCN3CCOCC3)C2=O)cc1. The quantitative estimate of drug-likeness (QED) is 0.703. The van der Waals surface area contributed by atoms with Crippen molar-refractivity contribution in [2.45, 2.75) is 0 Å². The van der Waals surface area contributed by atoms with Crippen LogP contribution in [-0.4, -0.2) is 68.1 Å². The maximum Gasteiger partial charge on any atom is 0.278 e. The van der Waals surface area contributed by atoms with E-state index < -0.39 is 0 Å². The highest BCUT2D eigenvalue weighted by atomic mass is 32.1. The summed E-state index contributed by atoms with van der Waals surface area (Å²) in [6.07, 6.45) is 0. The lowest BCUT2D eigenvalue weighted by Gasteiger charge is -2.28. The molecule has 1 fully saturated rings. The number of hydrogen-bond acceptors (Lipinski definition) is 7. The molecule has 0 saturated carbocycles. The van der Waals surface area contributed by atoms with Crippen LogP contribution in [0.25, 0.3) is 5.57 Å². The first-order valence-electron chi connectivity index (χ1n) is 9.53. The molecule has 0 radical (unpaired) electrons. The third-order valence-electron chi connectivity index (χ3n) is 5.04. The molecule has 1 saturated heterocycles. The number of methoxy groups -OCH3 is 1. The highest BCUT2D eigenvalue weighted by Gasteiger charge is 2.39. The second-order valence-corrected chi connectivity index (χ2v) is 7.74. The summed E-state index contributed by atoms with van der Waals surface area (Å²) in [5, 5.41) is 5.07. The normalized spacial score (nSPS) is 17.9. The summed E-state index contributed by atoms with van der Waals surface area (Å²) >= 11 is 1.45. The number of anilines is 1. The molecule has 0 bridgehead atoms. The molecule has 0 spiro atoms. The average Bonchev–Trinajstić information content (AvgIpc) is 3.35. The van der Waals surface area contributed by atoms with Crippen LogP contribution in [0.2, 0.25) is 0 Å². The molecule has 2 aromatic rings. The number of carbonyl (C=O) groups excluding carboxylic acids is 2. The zero-order valence-electron chi connectivity index (χ0n) is 16.2. The lowest BCUT2D eigenvalue weighted by molar-refractivity contribution is -0.137. The van der Waals surface area contributed by atoms with Gasteiger partial charge in [-0.15, -0.1) is 11.3 Å². The number of morpholine rings is 1. The summed E-state index contributed by atoms with van der Waals surface area (Å²) in [5.41, 5.74) is 1.48. The molecule has 8 heteroatoms. The molecule has 0 atom stereocenters. The van der Waals surface area contributed by atoms with Crippen molar-refractivity contribution in [1.82, 2.24) is 9.80 Å². The molecular weight excluding hydrogens is 390 g/mol. The van der Waals surface area contributed by atoms with E-state index in [1.165, 1.54) is 16.2 Å². The highest BCUT2D eigenvalue weighted by Crippen LogP contribution is 2.33. The molecule has 1 aromatic heterocycles. The Bertz CT molecular complexity index is 903. The van der Waals surface area contributed by atoms with Gasteiger partial charge in [-0.05, 0) is 35.7 Å². The molecule has 29 heavy (non-hydrogen) atoms. The molecule has 3 heterocycles. The third kappa shape index (κ3) is 4.19. The van der Waals surface area contributed by atoms with E-state index in [1.54, 1.807) is 7.11 Å². The molecule has 152 valence electrons. The summed E-state index contributed by atoms with van der Waals surface area (Å²) in [4.78, 5) is 30.6. The maximum atomic E-state index is 13.1. The van der Waals surface area contributed by atoms with Crippen LogP contribution >= 0.6 is 11.3 Å². The Balaban J connectivity index is 1.56. The van der Waals surface area contributed by atoms with E-state index in [0.29, 0.717) is 37.6 Å². The predicted molar refractivity (Wildman–Crippen MR) is 112 cm³/mol. The minimum absolute atomic E-state index is 0.248. The molecule has 2 amide bonds. The van der Waals surface area contributed by atoms with E-state index in [4.69, 9.17) is 9.47 Å². The summed E-state index contributed by atoms with van der Waals surface area (Å²) < 4.78 is 10.5. The molecule has 1 N–H and O–H groups in total. The molecule has 4 rings (SSSR count). The van der Waals surface area contributed by atoms with Crippen LogP contribution < -0.4 is 10.1 Å². The smallest absolute Gasteiger partial charge is 0.278 e. The number of benzene rings is 1. The van der Waals surface area contributed by atoms with Gasteiger partial charge in [-0.1, -0.05) is 6.07 Å². The number of rotatable bonds is 7. The summed E-state index contributed by atoms with van der Waals surface area (Å²) in [5.74, 6) is 0.188. The number of nitrogens with zero attached hydrogens (tertiary/aromatic N) is 2. The van der Waals surface area contributed by atoms with Crippen molar-refractivity contribution in [3.8, 4) is 5.75 Å². The van der Waals surface area contributed by atoms with Gasteiger partial charge in [0.15, 0.2) is 0 Å². The van der Waals surface area contributed by atoms with Crippen LogP contribution in [0.5, 0.6) is 5.75 Å². The van der Waals surface area contributed by atoms with Gasteiger partial charge in [-0.3, -0.25) is 19.4 Å². The summed E-state index contributed by atoms with van der Waals surface area (Å²) in [6.45, 7) is 4.02. The Morgan fingerprint density at radius 3 is 2.48 bits per heavy atom. The molecule has 0 unspecified atom stereocenters. The first-order valence-corrected chi connectivity index (χ1v) is 10.4. The van der Waals surface area contributed by atoms with Gasteiger partial charge < -0.3 is 14.8 Å². The largest absolute Gasteiger partial charge is 0.497 e. The zero-order valence-corrected chi connectivity index (χ0v) is 17.0. The Labute approximate surface area is 173 Å². The van der Waals surface area contributed by atoms with Gasteiger partial charge in [0.05, 0.1) is 25.9 Å². The van der Waals surface area contributed by atoms with Gasteiger partial charge in [-0.2, -0.15) is 0 Å². The lowest BCUT2D eigenvalue weighted by Crippen LogP contribution is -2.43. The van der Waals surface area contributed by atoms with E-state index in [9.17, 15) is 9.59 Å². The minimum atomic E-state index is -0.289. The van der Waals surface area contributed by atoms with Crippen molar-refractivity contribution >= 4 is 34.4 Å². The highest BCUT2D eigenvalue weighted by molar-refractivity contribution is 7.11. The number of hydrogen-bond donors (Lipinski definition) is 1. The van der Waals surface area contributed by atoms with Gasteiger partial charge in [0, 0.05) is 36.7 Å². The van der Waals surface area contributed by atoms with Crippen LogP contribution in [0.1, 0.15) is 4.88 Å². The van der Waals surface area contributed by atoms with Gasteiger partial charge in [-0.25, -0.2) is 0 Å². The van der Waals surface area contributed by atoms with E-state index in [-0.39, 0.29) is 11.8 Å². The number of imide groups is 1. The van der Waals surface area contributed by atoms with Gasteiger partial charge >= 0.3 is 0 Å². The lowest BCUT2D eigenvalue weighted by atomic mass is 10.2. The van der Waals surface area contributed by atoms with Crippen molar-refractivity contribution in [2.75, 3.05) is 51.8 Å². The van der Waals surface area contributed by atoms with Crippen LogP contribution in [0.4, 0.5) is 5.69 Å². The Morgan fingerprint density at radius 1 is 1.07 bits per heavy atom.